The number of carbonyl (C=O) groups is 1. The SMILES string of the molecule is CC(C)[Si](C#Cc1nc2ccc(C(=O)O)cc2n1-c1ccc(OC(F)(F)F)c(Cl)c1)(C(C)C)C(C)C. The van der Waals surface area contributed by atoms with E-state index in [1.54, 1.807) is 10.6 Å². The number of alkyl halides is 3. The van der Waals surface area contributed by atoms with Crippen molar-refractivity contribution in [1.29, 1.82) is 0 Å². The second-order valence-electron chi connectivity index (χ2n) is 9.59. The lowest BCUT2D eigenvalue weighted by Crippen LogP contribution is -2.43. The molecule has 1 heterocycles. The number of benzene rings is 2. The zero-order valence-corrected chi connectivity index (χ0v) is 22.6. The van der Waals surface area contributed by atoms with Crippen molar-refractivity contribution < 1.29 is 27.8 Å². The summed E-state index contributed by atoms with van der Waals surface area (Å²) in [4.78, 5) is 16.3. The summed E-state index contributed by atoms with van der Waals surface area (Å²) in [6.07, 6.45) is -4.89. The van der Waals surface area contributed by atoms with Crippen LogP contribution in [-0.2, 0) is 0 Å². The molecule has 0 aliphatic heterocycles. The van der Waals surface area contributed by atoms with E-state index in [0.717, 1.165) is 6.07 Å². The van der Waals surface area contributed by atoms with Crippen LogP contribution in [0.4, 0.5) is 13.2 Å². The topological polar surface area (TPSA) is 64.3 Å². The van der Waals surface area contributed by atoms with Crippen LogP contribution in [0.25, 0.3) is 16.7 Å². The van der Waals surface area contributed by atoms with E-state index in [9.17, 15) is 23.1 Å². The average Bonchev–Trinajstić information content (AvgIpc) is 3.11. The molecule has 5 nitrogen and oxygen atoms in total. The molecule has 0 aliphatic rings. The van der Waals surface area contributed by atoms with E-state index in [-0.39, 0.29) is 10.6 Å². The Morgan fingerprint density at radius 3 is 2.17 bits per heavy atom. The van der Waals surface area contributed by atoms with Crippen molar-refractivity contribution in [2.24, 2.45) is 0 Å². The van der Waals surface area contributed by atoms with Gasteiger partial charge >= 0.3 is 12.3 Å². The number of imidazole rings is 1. The van der Waals surface area contributed by atoms with E-state index in [4.69, 9.17) is 11.6 Å². The van der Waals surface area contributed by atoms with Crippen LogP contribution < -0.4 is 4.74 Å². The van der Waals surface area contributed by atoms with Crippen LogP contribution in [0.5, 0.6) is 5.75 Å². The normalized spacial score (nSPS) is 12.4. The monoisotopic (exact) mass is 536 g/mol. The quantitative estimate of drug-likeness (QED) is 0.257. The third-order valence-electron chi connectivity index (χ3n) is 6.56. The van der Waals surface area contributed by atoms with Crippen molar-refractivity contribution in [3.63, 3.8) is 0 Å². The largest absolute Gasteiger partial charge is 0.573 e. The van der Waals surface area contributed by atoms with Crippen LogP contribution in [-0.4, -0.2) is 35.1 Å². The van der Waals surface area contributed by atoms with E-state index >= 15 is 0 Å². The lowest BCUT2D eigenvalue weighted by molar-refractivity contribution is -0.274. The molecular weight excluding hydrogens is 509 g/mol. The fraction of sp³-hybridized carbons (Fsp3) is 0.385. The van der Waals surface area contributed by atoms with Gasteiger partial charge in [0.05, 0.1) is 27.3 Å². The minimum absolute atomic E-state index is 0.0431. The van der Waals surface area contributed by atoms with Gasteiger partial charge in [0.2, 0.25) is 0 Å². The first-order valence-corrected chi connectivity index (χ1v) is 14.1. The third-order valence-corrected chi connectivity index (χ3v) is 13.1. The van der Waals surface area contributed by atoms with Crippen LogP contribution in [0.1, 0.15) is 57.7 Å². The molecule has 36 heavy (non-hydrogen) atoms. The summed E-state index contributed by atoms with van der Waals surface area (Å²) in [5.74, 6) is 1.97. The molecule has 0 saturated carbocycles. The highest BCUT2D eigenvalue weighted by Gasteiger charge is 2.42. The average molecular weight is 537 g/mol. The Balaban J connectivity index is 2.30. The van der Waals surface area contributed by atoms with Crippen molar-refractivity contribution in [3.8, 4) is 22.9 Å². The zero-order chi connectivity index (χ0) is 27.0. The molecule has 0 atom stereocenters. The van der Waals surface area contributed by atoms with E-state index in [1.807, 2.05) is 0 Å². The minimum Gasteiger partial charge on any atom is -0.478 e. The van der Waals surface area contributed by atoms with Crippen LogP contribution in [0.3, 0.4) is 0 Å². The maximum atomic E-state index is 12.7. The summed E-state index contributed by atoms with van der Waals surface area (Å²) >= 11 is 6.13. The summed E-state index contributed by atoms with van der Waals surface area (Å²) in [7, 11) is -2.14. The molecule has 0 fully saturated rings. The lowest BCUT2D eigenvalue weighted by Gasteiger charge is -2.38. The van der Waals surface area contributed by atoms with E-state index in [1.165, 1.54) is 24.3 Å². The third kappa shape index (κ3) is 5.40. The molecule has 1 N–H and O–H groups in total. The van der Waals surface area contributed by atoms with Crippen molar-refractivity contribution in [2.45, 2.75) is 64.5 Å². The zero-order valence-electron chi connectivity index (χ0n) is 20.9. The fourth-order valence-corrected chi connectivity index (χ4v) is 10.4. The van der Waals surface area contributed by atoms with Crippen molar-refractivity contribution >= 4 is 36.7 Å². The Kier molecular flexibility index (Phi) is 7.82. The van der Waals surface area contributed by atoms with Gasteiger partial charge < -0.3 is 9.84 Å². The molecule has 0 unspecified atom stereocenters. The Morgan fingerprint density at radius 1 is 1.06 bits per heavy atom. The van der Waals surface area contributed by atoms with Gasteiger partial charge in [-0.2, -0.15) is 0 Å². The number of carboxylic acid groups (broad SMARTS) is 1. The van der Waals surface area contributed by atoms with Gasteiger partial charge in [-0.25, -0.2) is 9.78 Å². The highest BCUT2D eigenvalue weighted by molar-refractivity contribution is 6.90. The first-order chi connectivity index (χ1) is 16.7. The fourth-order valence-electron chi connectivity index (χ4n) is 4.99. The van der Waals surface area contributed by atoms with Gasteiger partial charge in [-0.1, -0.05) is 53.1 Å². The summed E-state index contributed by atoms with van der Waals surface area (Å²) in [5.41, 5.74) is 6.09. The van der Waals surface area contributed by atoms with Crippen LogP contribution >= 0.6 is 11.6 Å². The molecule has 0 bridgehead atoms. The lowest BCUT2D eigenvalue weighted by atomic mass is 10.2. The van der Waals surface area contributed by atoms with Gasteiger partial charge in [-0.15, -0.1) is 18.7 Å². The number of carboxylic acids is 1. The van der Waals surface area contributed by atoms with Gasteiger partial charge in [0.15, 0.2) is 5.82 Å². The Bertz CT molecular complexity index is 1330. The number of hydrogen-bond donors (Lipinski definition) is 1. The van der Waals surface area contributed by atoms with Crippen LogP contribution in [0.2, 0.25) is 21.6 Å². The van der Waals surface area contributed by atoms with Crippen LogP contribution in [0.15, 0.2) is 36.4 Å². The summed E-state index contributed by atoms with van der Waals surface area (Å²) in [6.45, 7) is 13.1. The summed E-state index contributed by atoms with van der Waals surface area (Å²) < 4.78 is 43.8. The molecular formula is C26H28ClF3N2O3Si. The van der Waals surface area contributed by atoms with Crippen LogP contribution in [0, 0.1) is 11.5 Å². The van der Waals surface area contributed by atoms with Gasteiger partial charge in [0, 0.05) is 0 Å². The molecule has 0 radical (unpaired) electrons. The summed E-state index contributed by atoms with van der Waals surface area (Å²) in [6, 6.07) is 8.33. The standard InChI is InChI=1S/C26H28ClF3N2O3Si/c1-15(2)36(16(3)4,17(5)6)12-11-24-31-21-9-7-18(25(33)34)13-22(21)32(24)19-8-10-23(20(27)14-19)35-26(28,29)30/h7-10,13-17H,1-6H3,(H,33,34). The molecule has 10 heteroatoms. The number of nitrogens with zero attached hydrogens (tertiary/aromatic N) is 2. The smallest absolute Gasteiger partial charge is 0.478 e. The molecule has 0 amide bonds. The highest BCUT2D eigenvalue weighted by atomic mass is 35.5. The van der Waals surface area contributed by atoms with Crippen molar-refractivity contribution in [3.05, 3.63) is 52.8 Å². The van der Waals surface area contributed by atoms with E-state index in [2.05, 4.69) is 62.7 Å². The van der Waals surface area contributed by atoms with Gasteiger partial charge in [0.1, 0.15) is 13.8 Å². The number of rotatable bonds is 6. The Labute approximate surface area is 214 Å². The molecule has 2 aromatic carbocycles. The Hall–Kier alpha value is -2.96. The first kappa shape index (κ1) is 27.6. The first-order valence-electron chi connectivity index (χ1n) is 11.5. The number of aromatic carboxylic acids is 1. The van der Waals surface area contributed by atoms with Gasteiger partial charge in [0.25, 0.3) is 0 Å². The second kappa shape index (κ2) is 10.2. The maximum absolute atomic E-state index is 12.7. The summed E-state index contributed by atoms with van der Waals surface area (Å²) in [5, 5.41) is 9.24. The number of halogens is 4. The predicted molar refractivity (Wildman–Crippen MR) is 138 cm³/mol. The maximum Gasteiger partial charge on any atom is 0.573 e. The molecule has 0 aliphatic carbocycles. The molecule has 0 saturated heterocycles. The molecule has 3 rings (SSSR count). The number of fused-ring (bicyclic) bond motifs is 1. The van der Waals surface area contributed by atoms with E-state index in [0.29, 0.717) is 39.2 Å². The number of ether oxygens (including phenoxy) is 1. The predicted octanol–water partition coefficient (Wildman–Crippen LogP) is 7.85. The second-order valence-corrected chi connectivity index (χ2v) is 15.6. The van der Waals surface area contributed by atoms with Gasteiger partial charge in [-0.05, 0) is 58.9 Å². The number of aromatic nitrogens is 2. The highest BCUT2D eigenvalue weighted by Crippen LogP contribution is 2.41. The van der Waals surface area contributed by atoms with Crippen molar-refractivity contribution in [1.82, 2.24) is 9.55 Å². The minimum atomic E-state index is -4.89. The number of hydrogen-bond acceptors (Lipinski definition) is 3. The molecule has 192 valence electrons. The van der Waals surface area contributed by atoms with E-state index < -0.39 is 26.2 Å². The molecule has 3 aromatic rings. The van der Waals surface area contributed by atoms with Crippen molar-refractivity contribution in [2.75, 3.05) is 0 Å². The molecule has 1 aromatic heterocycles. The molecule has 0 spiro atoms. The Morgan fingerprint density at radius 2 is 1.67 bits per heavy atom. The van der Waals surface area contributed by atoms with Gasteiger partial charge in [-0.3, -0.25) is 4.57 Å².